The number of fused-ring (bicyclic) bond motifs is 1. The predicted octanol–water partition coefficient (Wildman–Crippen LogP) is 2.14. The van der Waals surface area contributed by atoms with Crippen molar-refractivity contribution >= 4 is 16.7 Å². The van der Waals surface area contributed by atoms with E-state index in [1.807, 2.05) is 31.4 Å². The number of carbonyl (C=O) groups excluding carboxylic acids is 1. The molecule has 0 aliphatic heterocycles. The Morgan fingerprint density at radius 2 is 2.04 bits per heavy atom. The maximum absolute atomic E-state index is 12.3. The smallest absolute Gasteiger partial charge is 0.248 e. The zero-order chi connectivity index (χ0) is 18.1. The molecule has 0 fully saturated rings. The molecule has 1 aromatic carbocycles. The Hall–Kier alpha value is -3.61. The maximum atomic E-state index is 12.3. The number of aromatic amines is 1. The molecule has 26 heavy (non-hydrogen) atoms. The van der Waals surface area contributed by atoms with Crippen LogP contribution in [0, 0.1) is 0 Å². The van der Waals surface area contributed by atoms with Crippen molar-refractivity contribution in [1.29, 1.82) is 0 Å². The minimum absolute atomic E-state index is 0.0382. The summed E-state index contributed by atoms with van der Waals surface area (Å²) in [5.41, 5.74) is 2.79. The quantitative estimate of drug-likeness (QED) is 0.572. The summed E-state index contributed by atoms with van der Waals surface area (Å²) in [6.45, 7) is 0. The van der Waals surface area contributed by atoms with Crippen molar-refractivity contribution in [2.45, 2.75) is 6.42 Å². The van der Waals surface area contributed by atoms with E-state index >= 15 is 0 Å². The van der Waals surface area contributed by atoms with E-state index < -0.39 is 0 Å². The Morgan fingerprint density at radius 3 is 2.81 bits per heavy atom. The molecule has 1 N–H and O–H groups in total. The van der Waals surface area contributed by atoms with Gasteiger partial charge < -0.3 is 4.98 Å². The van der Waals surface area contributed by atoms with Crippen LogP contribution in [0.15, 0.2) is 59.9 Å². The van der Waals surface area contributed by atoms with E-state index in [0.29, 0.717) is 11.4 Å². The van der Waals surface area contributed by atoms with Gasteiger partial charge in [0.2, 0.25) is 5.56 Å². The fraction of sp³-hybridized carbons (Fsp3) is 0.105. The number of hydrogen-bond donors (Lipinski definition) is 1. The summed E-state index contributed by atoms with van der Waals surface area (Å²) in [5, 5.41) is 5.08. The van der Waals surface area contributed by atoms with E-state index in [4.69, 9.17) is 0 Å². The third-order valence-corrected chi connectivity index (χ3v) is 4.09. The topological polar surface area (TPSA) is 93.5 Å². The van der Waals surface area contributed by atoms with Gasteiger partial charge in [-0.2, -0.15) is 5.10 Å². The van der Waals surface area contributed by atoms with Gasteiger partial charge in [-0.3, -0.25) is 14.3 Å². The van der Waals surface area contributed by atoms with Crippen LogP contribution in [-0.2, 0) is 13.5 Å². The number of Topliss-reactive ketones (excluding diaryl/α,β-unsaturated/α-hetero) is 1. The van der Waals surface area contributed by atoms with Gasteiger partial charge in [0, 0.05) is 48.2 Å². The highest BCUT2D eigenvalue weighted by atomic mass is 16.1. The second kappa shape index (κ2) is 6.36. The number of aryl methyl sites for hydroxylation is 1. The number of H-pyrrole nitrogens is 1. The molecule has 4 rings (SSSR count). The van der Waals surface area contributed by atoms with Crippen LogP contribution in [0.2, 0.25) is 0 Å². The van der Waals surface area contributed by atoms with Crippen molar-refractivity contribution in [3.05, 3.63) is 76.9 Å². The van der Waals surface area contributed by atoms with Crippen LogP contribution < -0.4 is 5.56 Å². The van der Waals surface area contributed by atoms with Crippen LogP contribution in [0.5, 0.6) is 0 Å². The highest BCUT2D eigenvalue weighted by Gasteiger charge is 2.11. The lowest BCUT2D eigenvalue weighted by atomic mass is 10.1. The lowest BCUT2D eigenvalue weighted by molar-refractivity contribution is 0.0990. The fourth-order valence-corrected chi connectivity index (χ4v) is 2.76. The van der Waals surface area contributed by atoms with Crippen LogP contribution >= 0.6 is 0 Å². The van der Waals surface area contributed by atoms with Crippen molar-refractivity contribution in [2.75, 3.05) is 0 Å². The Balaban J connectivity index is 1.66. The first-order valence-corrected chi connectivity index (χ1v) is 8.05. The SMILES string of the molecule is Cn1cc(-c2ccc3cnc(CC(=O)c4cc[nH]c(=O)c4)nc3c2)cn1. The summed E-state index contributed by atoms with van der Waals surface area (Å²) in [6, 6.07) is 8.74. The van der Waals surface area contributed by atoms with Crippen molar-refractivity contribution in [2.24, 2.45) is 7.05 Å². The number of aromatic nitrogens is 5. The zero-order valence-corrected chi connectivity index (χ0v) is 14.0. The maximum Gasteiger partial charge on any atom is 0.248 e. The van der Waals surface area contributed by atoms with Crippen LogP contribution in [0.3, 0.4) is 0 Å². The minimum Gasteiger partial charge on any atom is -0.329 e. The second-order valence-corrected chi connectivity index (χ2v) is 6.00. The Kier molecular flexibility index (Phi) is 3.89. The lowest BCUT2D eigenvalue weighted by Crippen LogP contribution is -2.11. The standard InChI is InChI=1S/C19H15N5O2/c1-24-11-15(10-22-24)12-2-3-14-9-21-18(23-16(14)6-12)8-17(25)13-4-5-20-19(26)7-13/h2-7,9-11H,8H2,1H3,(H,20,26). The number of pyridine rings is 1. The molecule has 0 atom stereocenters. The molecule has 0 unspecified atom stereocenters. The first kappa shape index (κ1) is 15.9. The van der Waals surface area contributed by atoms with Crippen molar-refractivity contribution in [3.63, 3.8) is 0 Å². The number of rotatable bonds is 4. The molecule has 0 bridgehead atoms. The molecule has 0 aliphatic rings. The number of benzene rings is 1. The van der Waals surface area contributed by atoms with Gasteiger partial charge in [0.1, 0.15) is 5.82 Å². The summed E-state index contributed by atoms with van der Waals surface area (Å²) in [6.07, 6.45) is 6.92. The molecule has 4 aromatic rings. The normalized spacial score (nSPS) is 11.0. The van der Waals surface area contributed by atoms with Crippen molar-refractivity contribution in [3.8, 4) is 11.1 Å². The van der Waals surface area contributed by atoms with E-state index in [1.165, 1.54) is 12.3 Å². The fourth-order valence-electron chi connectivity index (χ4n) is 2.76. The molecule has 0 aliphatic carbocycles. The molecule has 0 saturated carbocycles. The third kappa shape index (κ3) is 3.14. The Morgan fingerprint density at radius 1 is 1.15 bits per heavy atom. The van der Waals surface area contributed by atoms with Crippen molar-refractivity contribution in [1.82, 2.24) is 24.7 Å². The molecule has 128 valence electrons. The molecule has 7 heteroatoms. The summed E-state index contributed by atoms with van der Waals surface area (Å²) < 4.78 is 1.74. The molecule has 3 aromatic heterocycles. The van der Waals surface area contributed by atoms with Gasteiger partial charge in [0.15, 0.2) is 5.78 Å². The number of ketones is 1. The van der Waals surface area contributed by atoms with Crippen LogP contribution in [-0.4, -0.2) is 30.5 Å². The molecule has 0 amide bonds. The van der Waals surface area contributed by atoms with Gasteiger partial charge in [0.05, 0.1) is 18.1 Å². The molecule has 7 nitrogen and oxygen atoms in total. The number of nitrogens with one attached hydrogen (secondary N) is 1. The van der Waals surface area contributed by atoms with Crippen molar-refractivity contribution < 1.29 is 4.79 Å². The van der Waals surface area contributed by atoms with Crippen LogP contribution in [0.1, 0.15) is 16.2 Å². The number of nitrogens with zero attached hydrogens (tertiary/aromatic N) is 4. The monoisotopic (exact) mass is 345 g/mol. The second-order valence-electron chi connectivity index (χ2n) is 6.00. The number of carbonyl (C=O) groups is 1. The first-order chi connectivity index (χ1) is 12.6. The van der Waals surface area contributed by atoms with Gasteiger partial charge in [-0.05, 0) is 17.7 Å². The van der Waals surface area contributed by atoms with E-state index in [2.05, 4.69) is 20.1 Å². The average molecular weight is 345 g/mol. The lowest BCUT2D eigenvalue weighted by Gasteiger charge is -2.04. The largest absolute Gasteiger partial charge is 0.329 e. The van der Waals surface area contributed by atoms with Gasteiger partial charge in [-0.15, -0.1) is 0 Å². The molecule has 0 radical (unpaired) electrons. The third-order valence-electron chi connectivity index (χ3n) is 4.09. The minimum atomic E-state index is -0.309. The molecule has 3 heterocycles. The Labute approximate surface area is 148 Å². The average Bonchev–Trinajstić information content (AvgIpc) is 3.07. The molecular formula is C19H15N5O2. The van der Waals surface area contributed by atoms with Gasteiger partial charge in [0.25, 0.3) is 0 Å². The highest BCUT2D eigenvalue weighted by molar-refractivity contribution is 5.97. The summed E-state index contributed by atoms with van der Waals surface area (Å²) in [7, 11) is 1.87. The molecule has 0 spiro atoms. The highest BCUT2D eigenvalue weighted by Crippen LogP contribution is 2.22. The van der Waals surface area contributed by atoms with E-state index in [0.717, 1.165) is 22.0 Å². The van der Waals surface area contributed by atoms with E-state index in [1.54, 1.807) is 23.1 Å². The first-order valence-electron chi connectivity index (χ1n) is 8.05. The summed E-state index contributed by atoms with van der Waals surface area (Å²) in [5.74, 6) is 0.227. The van der Waals surface area contributed by atoms with Crippen LogP contribution in [0.25, 0.3) is 22.0 Å². The van der Waals surface area contributed by atoms with E-state index in [9.17, 15) is 9.59 Å². The van der Waals surface area contributed by atoms with Crippen LogP contribution in [0.4, 0.5) is 0 Å². The van der Waals surface area contributed by atoms with Gasteiger partial charge in [-0.25, -0.2) is 9.97 Å². The summed E-state index contributed by atoms with van der Waals surface area (Å²) in [4.78, 5) is 35.0. The van der Waals surface area contributed by atoms with Gasteiger partial charge in [-0.1, -0.05) is 12.1 Å². The molecular weight excluding hydrogens is 330 g/mol. The predicted molar refractivity (Wildman–Crippen MR) is 96.8 cm³/mol. The van der Waals surface area contributed by atoms with Gasteiger partial charge >= 0.3 is 0 Å². The summed E-state index contributed by atoms with van der Waals surface area (Å²) >= 11 is 0. The van der Waals surface area contributed by atoms with E-state index in [-0.39, 0.29) is 17.8 Å². The number of hydrogen-bond acceptors (Lipinski definition) is 5. The zero-order valence-electron chi connectivity index (χ0n) is 14.0. The molecule has 0 saturated heterocycles. The Bertz CT molecular complexity index is 1180.